The number of benzene rings is 1. The van der Waals surface area contributed by atoms with Gasteiger partial charge in [0.1, 0.15) is 0 Å². The third-order valence-electron chi connectivity index (χ3n) is 1.70. The molecule has 64 valence electrons. The summed E-state index contributed by atoms with van der Waals surface area (Å²) in [6.45, 7) is 3.58. The van der Waals surface area contributed by atoms with Crippen LogP contribution < -0.4 is 11.5 Å². The zero-order valence-electron chi connectivity index (χ0n) is 6.63. The molecule has 1 aromatic rings. The van der Waals surface area contributed by atoms with Crippen molar-refractivity contribution in [2.75, 3.05) is 5.73 Å². The minimum atomic E-state index is -0.247. The van der Waals surface area contributed by atoms with Crippen LogP contribution in [0.5, 0.6) is 0 Å². The summed E-state index contributed by atoms with van der Waals surface area (Å²) in [6, 6.07) is 5.14. The lowest BCUT2D eigenvalue weighted by atomic mass is 10.1. The van der Waals surface area contributed by atoms with Crippen molar-refractivity contribution in [3.05, 3.63) is 41.4 Å². The zero-order chi connectivity index (χ0) is 9.14. The monoisotopic (exact) mass is 182 g/mol. The fraction of sp³-hybridized carbons (Fsp3) is 0.111. The van der Waals surface area contributed by atoms with Crippen molar-refractivity contribution in [1.29, 1.82) is 0 Å². The van der Waals surface area contributed by atoms with Gasteiger partial charge in [0, 0.05) is 6.04 Å². The highest BCUT2D eigenvalue weighted by molar-refractivity contribution is 6.33. The SMILES string of the molecule is C=CC(N)c1cccc(Cl)c1N. The van der Waals surface area contributed by atoms with Crippen LogP contribution in [0.25, 0.3) is 0 Å². The summed E-state index contributed by atoms with van der Waals surface area (Å²) in [5.41, 5.74) is 12.8. The summed E-state index contributed by atoms with van der Waals surface area (Å²) in [5, 5.41) is 0.532. The van der Waals surface area contributed by atoms with E-state index in [1.807, 2.05) is 12.1 Å². The van der Waals surface area contributed by atoms with E-state index >= 15 is 0 Å². The number of anilines is 1. The van der Waals surface area contributed by atoms with Crippen LogP contribution in [0.1, 0.15) is 11.6 Å². The summed E-state index contributed by atoms with van der Waals surface area (Å²) in [6.07, 6.45) is 1.63. The van der Waals surface area contributed by atoms with Crippen LogP contribution in [0.3, 0.4) is 0 Å². The zero-order valence-corrected chi connectivity index (χ0v) is 7.38. The van der Waals surface area contributed by atoms with Gasteiger partial charge in [0.15, 0.2) is 0 Å². The molecule has 1 unspecified atom stereocenters. The van der Waals surface area contributed by atoms with Gasteiger partial charge in [-0.2, -0.15) is 0 Å². The summed E-state index contributed by atoms with van der Waals surface area (Å²) in [7, 11) is 0. The number of hydrogen-bond acceptors (Lipinski definition) is 2. The van der Waals surface area contributed by atoms with Crippen molar-refractivity contribution in [3.8, 4) is 0 Å². The van der Waals surface area contributed by atoms with Gasteiger partial charge in [-0.25, -0.2) is 0 Å². The van der Waals surface area contributed by atoms with Gasteiger partial charge in [-0.3, -0.25) is 0 Å². The molecule has 0 saturated heterocycles. The molecule has 3 heteroatoms. The molecule has 0 bridgehead atoms. The molecule has 0 radical (unpaired) electrons. The van der Waals surface area contributed by atoms with Gasteiger partial charge in [0.05, 0.1) is 10.7 Å². The highest BCUT2D eigenvalue weighted by Gasteiger charge is 2.07. The molecule has 0 saturated carbocycles. The molecule has 0 heterocycles. The smallest absolute Gasteiger partial charge is 0.0639 e. The number of rotatable bonds is 2. The fourth-order valence-corrected chi connectivity index (χ4v) is 1.15. The predicted octanol–water partition coefficient (Wildman–Crippen LogP) is 2.11. The quantitative estimate of drug-likeness (QED) is 0.544. The molecule has 4 N–H and O–H groups in total. The number of halogens is 1. The third kappa shape index (κ3) is 1.60. The maximum Gasteiger partial charge on any atom is 0.0639 e. The summed E-state index contributed by atoms with van der Waals surface area (Å²) in [5.74, 6) is 0. The number of nitrogens with two attached hydrogens (primary N) is 2. The van der Waals surface area contributed by atoms with Crippen molar-refractivity contribution in [3.63, 3.8) is 0 Å². The first kappa shape index (κ1) is 9.10. The topological polar surface area (TPSA) is 52.0 Å². The normalized spacial score (nSPS) is 12.5. The van der Waals surface area contributed by atoms with Crippen molar-refractivity contribution < 1.29 is 0 Å². The van der Waals surface area contributed by atoms with Gasteiger partial charge in [0.2, 0.25) is 0 Å². The Morgan fingerprint density at radius 2 is 2.17 bits per heavy atom. The van der Waals surface area contributed by atoms with Crippen molar-refractivity contribution in [2.45, 2.75) is 6.04 Å². The van der Waals surface area contributed by atoms with Crippen LogP contribution in [0.2, 0.25) is 5.02 Å². The highest BCUT2D eigenvalue weighted by Crippen LogP contribution is 2.26. The lowest BCUT2D eigenvalue weighted by Crippen LogP contribution is -2.09. The van der Waals surface area contributed by atoms with Crippen molar-refractivity contribution in [1.82, 2.24) is 0 Å². The molecule has 1 rings (SSSR count). The van der Waals surface area contributed by atoms with Crippen molar-refractivity contribution >= 4 is 17.3 Å². The van der Waals surface area contributed by atoms with E-state index in [2.05, 4.69) is 6.58 Å². The molecular formula is C9H11ClN2. The Morgan fingerprint density at radius 1 is 1.50 bits per heavy atom. The number of para-hydroxylation sites is 1. The van der Waals surface area contributed by atoms with E-state index in [1.165, 1.54) is 0 Å². The molecule has 0 aliphatic rings. The lowest BCUT2D eigenvalue weighted by Gasteiger charge is -2.10. The second-order valence-corrected chi connectivity index (χ2v) is 2.91. The van der Waals surface area contributed by atoms with E-state index in [4.69, 9.17) is 23.1 Å². The van der Waals surface area contributed by atoms with Crippen LogP contribution in [0.4, 0.5) is 5.69 Å². The predicted molar refractivity (Wildman–Crippen MR) is 53.0 cm³/mol. The van der Waals surface area contributed by atoms with Gasteiger partial charge in [0.25, 0.3) is 0 Å². The van der Waals surface area contributed by atoms with Crippen LogP contribution in [-0.2, 0) is 0 Å². The van der Waals surface area contributed by atoms with Crippen LogP contribution >= 0.6 is 11.6 Å². The van der Waals surface area contributed by atoms with Crippen LogP contribution in [0, 0.1) is 0 Å². The molecule has 0 amide bonds. The average Bonchev–Trinajstić information content (AvgIpc) is 2.08. The van der Waals surface area contributed by atoms with Gasteiger partial charge in [-0.1, -0.05) is 29.8 Å². The van der Waals surface area contributed by atoms with E-state index in [-0.39, 0.29) is 6.04 Å². The molecule has 0 aliphatic carbocycles. The average molecular weight is 183 g/mol. The van der Waals surface area contributed by atoms with Gasteiger partial charge in [-0.05, 0) is 11.6 Å². The molecule has 0 aromatic heterocycles. The Bertz CT molecular complexity index is 297. The second kappa shape index (κ2) is 3.61. The van der Waals surface area contributed by atoms with E-state index in [0.717, 1.165) is 5.56 Å². The Kier molecular flexibility index (Phi) is 2.74. The van der Waals surface area contributed by atoms with E-state index < -0.39 is 0 Å². The van der Waals surface area contributed by atoms with Crippen molar-refractivity contribution in [2.24, 2.45) is 5.73 Å². The van der Waals surface area contributed by atoms with Crippen LogP contribution in [-0.4, -0.2) is 0 Å². The first-order chi connectivity index (χ1) is 5.66. The highest BCUT2D eigenvalue weighted by atomic mass is 35.5. The summed E-state index contributed by atoms with van der Waals surface area (Å²) < 4.78 is 0. The largest absolute Gasteiger partial charge is 0.397 e. The molecule has 1 atom stereocenters. The Hall–Kier alpha value is -0.990. The molecule has 1 aromatic carbocycles. The molecule has 0 aliphatic heterocycles. The van der Waals surface area contributed by atoms with Crippen LogP contribution in [0.15, 0.2) is 30.9 Å². The molecule has 2 nitrogen and oxygen atoms in total. The second-order valence-electron chi connectivity index (χ2n) is 2.50. The standard InChI is InChI=1S/C9H11ClN2/c1-2-8(11)6-4-3-5-7(10)9(6)12/h2-5,8H,1,11-12H2. The minimum Gasteiger partial charge on any atom is -0.397 e. The minimum absolute atomic E-state index is 0.247. The van der Waals surface area contributed by atoms with E-state index in [9.17, 15) is 0 Å². The maximum absolute atomic E-state index is 5.80. The van der Waals surface area contributed by atoms with E-state index in [1.54, 1.807) is 12.1 Å². The fourth-order valence-electron chi connectivity index (χ4n) is 0.971. The third-order valence-corrected chi connectivity index (χ3v) is 2.03. The van der Waals surface area contributed by atoms with Gasteiger partial charge >= 0.3 is 0 Å². The maximum atomic E-state index is 5.80. The summed E-state index contributed by atoms with van der Waals surface area (Å²) in [4.78, 5) is 0. The Labute approximate surface area is 76.8 Å². The van der Waals surface area contributed by atoms with Gasteiger partial charge < -0.3 is 11.5 Å². The van der Waals surface area contributed by atoms with Gasteiger partial charge in [-0.15, -0.1) is 6.58 Å². The number of hydrogen-bond donors (Lipinski definition) is 2. The Balaban J connectivity index is 3.15. The summed E-state index contributed by atoms with van der Waals surface area (Å²) >= 11 is 5.80. The first-order valence-electron chi connectivity index (χ1n) is 3.59. The molecule has 0 fully saturated rings. The molecular weight excluding hydrogens is 172 g/mol. The van der Waals surface area contributed by atoms with E-state index in [0.29, 0.717) is 10.7 Å². The molecule has 0 spiro atoms. The Morgan fingerprint density at radius 3 is 2.75 bits per heavy atom. The lowest BCUT2D eigenvalue weighted by molar-refractivity contribution is 0.918. The number of nitrogen functional groups attached to an aromatic ring is 1. The first-order valence-corrected chi connectivity index (χ1v) is 3.96. The molecule has 12 heavy (non-hydrogen) atoms.